The van der Waals surface area contributed by atoms with Crippen molar-refractivity contribution in [2.45, 2.75) is 70.2 Å². The Morgan fingerprint density at radius 1 is 0.907 bits per heavy atom. The molecule has 43 heavy (non-hydrogen) atoms. The van der Waals surface area contributed by atoms with Crippen molar-refractivity contribution < 1.29 is 33.4 Å². The molecule has 5 rings (SSSR count). The van der Waals surface area contributed by atoms with E-state index < -0.39 is 30.1 Å². The van der Waals surface area contributed by atoms with Gasteiger partial charge >= 0.3 is 5.97 Å². The fourth-order valence-electron chi connectivity index (χ4n) is 5.37. The average molecular weight is 594 g/mol. The van der Waals surface area contributed by atoms with Gasteiger partial charge in [0.15, 0.2) is 6.10 Å². The Labute approximate surface area is 250 Å². The normalized spacial score (nSPS) is 27.2. The summed E-state index contributed by atoms with van der Waals surface area (Å²) in [5, 5.41) is 8.07. The molecule has 2 aromatic rings. The van der Waals surface area contributed by atoms with Crippen molar-refractivity contribution in [3.8, 4) is 0 Å². The van der Waals surface area contributed by atoms with Gasteiger partial charge in [0.1, 0.15) is 25.5 Å². The maximum atomic E-state index is 13.3. The van der Waals surface area contributed by atoms with Crippen molar-refractivity contribution >= 4 is 40.7 Å². The van der Waals surface area contributed by atoms with Gasteiger partial charge < -0.3 is 24.8 Å². The summed E-state index contributed by atoms with van der Waals surface area (Å²) in [5.74, 6) is -1.96. The molecule has 1 aliphatic carbocycles. The fourth-order valence-corrected chi connectivity index (χ4v) is 5.37. The van der Waals surface area contributed by atoms with Crippen LogP contribution in [0.1, 0.15) is 63.3 Å². The molecule has 4 unspecified atom stereocenters. The SMILES string of the molecule is CC1NC(=O)C(C2CCC2)OC(=O)COCOCC=Cc2ccc3ccc(nc3c2)C(C)NC(=O)C2CCCN(N2)C1=O. The van der Waals surface area contributed by atoms with Gasteiger partial charge in [-0.25, -0.2) is 10.2 Å². The molecule has 3 heterocycles. The molecule has 2 aliphatic heterocycles. The van der Waals surface area contributed by atoms with Crippen molar-refractivity contribution in [3.63, 3.8) is 0 Å². The van der Waals surface area contributed by atoms with Gasteiger partial charge in [-0.1, -0.05) is 36.8 Å². The standard InChI is InChI=1S/C31H39N5O7/c1-19-24-13-12-22-11-10-21(16-26(22)34-24)6-5-15-41-18-42-17-27(37)43-28(23-7-3-8-23)30(39)33-20(2)31(40)36-14-4-9-25(35-36)29(38)32-19/h5-6,10-13,16,19-20,23,25,28,35H,3-4,7-9,14-15,17-18H2,1-2H3,(H,32,38)(H,33,39). The van der Waals surface area contributed by atoms with Crippen LogP contribution < -0.4 is 16.1 Å². The molecule has 12 heteroatoms. The number of esters is 1. The number of amides is 3. The summed E-state index contributed by atoms with van der Waals surface area (Å²) >= 11 is 0. The number of cyclic esters (lactones) is 1. The van der Waals surface area contributed by atoms with Gasteiger partial charge in [-0.2, -0.15) is 0 Å². The van der Waals surface area contributed by atoms with Crippen LogP contribution in [0.3, 0.4) is 0 Å². The number of hydrogen-bond acceptors (Lipinski definition) is 9. The first-order chi connectivity index (χ1) is 20.8. The lowest BCUT2D eigenvalue weighted by Crippen LogP contribution is -2.61. The summed E-state index contributed by atoms with van der Waals surface area (Å²) < 4.78 is 16.2. The Kier molecular flexibility index (Phi) is 10.0. The highest BCUT2D eigenvalue weighted by Crippen LogP contribution is 2.31. The summed E-state index contributed by atoms with van der Waals surface area (Å²) in [4.78, 5) is 56.9. The van der Waals surface area contributed by atoms with Crippen LogP contribution >= 0.6 is 0 Å². The number of nitrogens with zero attached hydrogens (tertiary/aromatic N) is 2. The minimum Gasteiger partial charge on any atom is -0.450 e. The number of aromatic nitrogens is 1. The van der Waals surface area contributed by atoms with Crippen molar-refractivity contribution in [3.05, 3.63) is 47.7 Å². The van der Waals surface area contributed by atoms with E-state index in [1.54, 1.807) is 6.92 Å². The third-order valence-corrected chi connectivity index (χ3v) is 8.04. The Hall–Kier alpha value is -3.87. The largest absolute Gasteiger partial charge is 0.450 e. The van der Waals surface area contributed by atoms with Crippen LogP contribution in [-0.4, -0.2) is 78.4 Å². The number of carbonyl (C=O) groups is 4. The lowest BCUT2D eigenvalue weighted by Gasteiger charge is -2.36. The van der Waals surface area contributed by atoms with Crippen molar-refractivity contribution in [2.75, 3.05) is 26.6 Å². The van der Waals surface area contributed by atoms with Gasteiger partial charge in [0.2, 0.25) is 5.91 Å². The zero-order valence-electron chi connectivity index (χ0n) is 24.5. The Morgan fingerprint density at radius 3 is 2.49 bits per heavy atom. The number of hydrazine groups is 1. The highest BCUT2D eigenvalue weighted by Gasteiger charge is 2.38. The molecular formula is C31H39N5O7. The molecule has 2 fully saturated rings. The average Bonchev–Trinajstić information content (AvgIpc) is 2.98. The van der Waals surface area contributed by atoms with E-state index in [4.69, 9.17) is 19.2 Å². The van der Waals surface area contributed by atoms with E-state index >= 15 is 0 Å². The Morgan fingerprint density at radius 2 is 1.70 bits per heavy atom. The molecule has 12 nitrogen and oxygen atoms in total. The number of pyridine rings is 1. The van der Waals surface area contributed by atoms with E-state index in [9.17, 15) is 19.2 Å². The molecule has 3 amide bonds. The van der Waals surface area contributed by atoms with Gasteiger partial charge in [0.05, 0.1) is 23.9 Å². The summed E-state index contributed by atoms with van der Waals surface area (Å²) in [6.45, 7) is 3.60. The van der Waals surface area contributed by atoms with Crippen molar-refractivity contribution in [2.24, 2.45) is 5.92 Å². The molecule has 0 radical (unpaired) electrons. The minimum absolute atomic E-state index is 0.118. The Balaban J connectivity index is 1.33. The van der Waals surface area contributed by atoms with Crippen LogP contribution in [0.5, 0.6) is 0 Å². The molecule has 5 bridgehead atoms. The zero-order valence-corrected chi connectivity index (χ0v) is 24.5. The van der Waals surface area contributed by atoms with Gasteiger partial charge in [-0.05, 0) is 57.2 Å². The molecule has 1 saturated heterocycles. The Bertz CT molecular complexity index is 1380. The van der Waals surface area contributed by atoms with Gasteiger partial charge in [-0.3, -0.25) is 24.4 Å². The third-order valence-electron chi connectivity index (χ3n) is 8.04. The number of ether oxygens (including phenoxy) is 3. The van der Waals surface area contributed by atoms with Crippen LogP contribution in [0.4, 0.5) is 0 Å². The van der Waals surface area contributed by atoms with E-state index in [-0.39, 0.29) is 43.8 Å². The number of fused-ring (bicyclic) bond motifs is 4. The second-order valence-electron chi connectivity index (χ2n) is 11.3. The molecule has 1 saturated carbocycles. The van der Waals surface area contributed by atoms with Crippen molar-refractivity contribution in [1.82, 2.24) is 26.1 Å². The van der Waals surface area contributed by atoms with Crippen molar-refractivity contribution in [1.29, 1.82) is 0 Å². The van der Waals surface area contributed by atoms with Gasteiger partial charge in [0, 0.05) is 17.8 Å². The van der Waals surface area contributed by atoms with Crippen LogP contribution in [-0.2, 0) is 33.4 Å². The first-order valence-electron chi connectivity index (χ1n) is 14.9. The number of benzene rings is 1. The maximum Gasteiger partial charge on any atom is 0.332 e. The topological polar surface area (TPSA) is 148 Å². The number of carbonyl (C=O) groups excluding carboxylic acids is 4. The molecule has 3 N–H and O–H groups in total. The molecule has 4 atom stereocenters. The number of nitrogens with one attached hydrogen (secondary N) is 3. The molecule has 3 aliphatic rings. The first-order valence-corrected chi connectivity index (χ1v) is 14.9. The zero-order chi connectivity index (χ0) is 30.3. The van der Waals surface area contributed by atoms with E-state index in [2.05, 4.69) is 16.1 Å². The smallest absolute Gasteiger partial charge is 0.332 e. The lowest BCUT2D eigenvalue weighted by atomic mass is 9.80. The lowest BCUT2D eigenvalue weighted by molar-refractivity contribution is -0.169. The van der Waals surface area contributed by atoms with E-state index in [1.807, 2.05) is 49.4 Å². The summed E-state index contributed by atoms with van der Waals surface area (Å²) in [6.07, 6.45) is 6.32. The van der Waals surface area contributed by atoms with Crippen LogP contribution in [0, 0.1) is 5.92 Å². The van der Waals surface area contributed by atoms with Crippen LogP contribution in [0.2, 0.25) is 0 Å². The van der Waals surface area contributed by atoms with Gasteiger partial charge in [-0.15, -0.1) is 0 Å². The summed E-state index contributed by atoms with van der Waals surface area (Å²) in [6, 6.07) is 7.88. The first kappa shape index (κ1) is 30.6. The minimum atomic E-state index is -1.02. The molecule has 0 spiro atoms. The van der Waals surface area contributed by atoms with E-state index in [1.165, 1.54) is 5.01 Å². The number of hydrogen-bond donors (Lipinski definition) is 3. The maximum absolute atomic E-state index is 13.3. The fraction of sp³-hybridized carbons (Fsp3) is 0.516. The highest BCUT2D eigenvalue weighted by atomic mass is 16.7. The molecular weight excluding hydrogens is 554 g/mol. The molecule has 1 aromatic carbocycles. The monoisotopic (exact) mass is 593 g/mol. The highest BCUT2D eigenvalue weighted by molar-refractivity contribution is 5.91. The van der Waals surface area contributed by atoms with Gasteiger partial charge in [0.25, 0.3) is 11.8 Å². The molecule has 1 aromatic heterocycles. The quantitative estimate of drug-likeness (QED) is 0.423. The second kappa shape index (κ2) is 14.1. The predicted molar refractivity (Wildman–Crippen MR) is 157 cm³/mol. The summed E-state index contributed by atoms with van der Waals surface area (Å²) in [7, 11) is 0. The molecule has 230 valence electrons. The predicted octanol–water partition coefficient (Wildman–Crippen LogP) is 2.14. The van der Waals surface area contributed by atoms with Crippen LogP contribution in [0.15, 0.2) is 36.4 Å². The van der Waals surface area contributed by atoms with E-state index in [0.29, 0.717) is 25.1 Å². The van der Waals surface area contributed by atoms with E-state index in [0.717, 1.165) is 35.7 Å². The second-order valence-corrected chi connectivity index (χ2v) is 11.3. The van der Waals surface area contributed by atoms with Crippen LogP contribution in [0.25, 0.3) is 17.0 Å². The third kappa shape index (κ3) is 7.75. The summed E-state index contributed by atoms with van der Waals surface area (Å²) in [5.41, 5.74) is 5.46. The number of rotatable bonds is 1.